The standard InChI is InChI=1S/C28H22O/c1-3-5-22-29-28-20-18-27(19-21-28)17-16-26-14-12-25(13-15-26)11-10-24-8-6-23(4-2)7-9-24/h2,6-9,12-15,18-21H,3,5,22H2,1H3. The van der Waals surface area contributed by atoms with Gasteiger partial charge < -0.3 is 4.74 Å². The van der Waals surface area contributed by atoms with Crippen LogP contribution in [0.3, 0.4) is 0 Å². The molecule has 0 heterocycles. The monoisotopic (exact) mass is 374 g/mol. The molecule has 0 amide bonds. The largest absolute Gasteiger partial charge is 0.494 e. The van der Waals surface area contributed by atoms with Gasteiger partial charge in [0.2, 0.25) is 0 Å². The Labute approximate surface area is 173 Å². The predicted octanol–water partition coefficient (Wildman–Crippen LogP) is 5.65. The minimum absolute atomic E-state index is 0.757. The topological polar surface area (TPSA) is 9.23 Å². The van der Waals surface area contributed by atoms with Gasteiger partial charge in [-0.2, -0.15) is 0 Å². The molecule has 0 aliphatic heterocycles. The number of hydrogen-bond donors (Lipinski definition) is 0. The highest BCUT2D eigenvalue weighted by Gasteiger charge is 1.94. The molecule has 0 aromatic heterocycles. The van der Waals surface area contributed by atoms with Gasteiger partial charge in [-0.15, -0.1) is 6.42 Å². The minimum Gasteiger partial charge on any atom is -0.494 e. The van der Waals surface area contributed by atoms with Crippen molar-refractivity contribution in [1.82, 2.24) is 0 Å². The lowest BCUT2D eigenvalue weighted by Crippen LogP contribution is -1.95. The zero-order valence-corrected chi connectivity index (χ0v) is 16.5. The maximum Gasteiger partial charge on any atom is 0.119 e. The highest BCUT2D eigenvalue weighted by atomic mass is 16.5. The van der Waals surface area contributed by atoms with Crippen LogP contribution < -0.4 is 4.74 Å². The summed E-state index contributed by atoms with van der Waals surface area (Å²) in [6.45, 7) is 2.91. The second-order valence-electron chi connectivity index (χ2n) is 6.53. The van der Waals surface area contributed by atoms with Gasteiger partial charge in [-0.25, -0.2) is 0 Å². The van der Waals surface area contributed by atoms with E-state index < -0.39 is 0 Å². The molecular weight excluding hydrogens is 352 g/mol. The van der Waals surface area contributed by atoms with Crippen molar-refractivity contribution in [3.05, 3.63) is 101 Å². The van der Waals surface area contributed by atoms with Gasteiger partial charge in [-0.1, -0.05) is 42.9 Å². The van der Waals surface area contributed by atoms with E-state index in [0.717, 1.165) is 53.0 Å². The van der Waals surface area contributed by atoms with Gasteiger partial charge in [0.15, 0.2) is 0 Å². The van der Waals surface area contributed by atoms with Gasteiger partial charge >= 0.3 is 0 Å². The molecule has 0 spiro atoms. The SMILES string of the molecule is C#Cc1ccc(C#Cc2ccc(C#Cc3ccc(OCCCC)cc3)cc2)cc1. The number of ether oxygens (including phenoxy) is 1. The summed E-state index contributed by atoms with van der Waals surface area (Å²) in [4.78, 5) is 0. The van der Waals surface area contributed by atoms with Crippen molar-refractivity contribution < 1.29 is 4.74 Å². The summed E-state index contributed by atoms with van der Waals surface area (Å²) in [6, 6.07) is 23.5. The number of unbranched alkanes of at least 4 members (excludes halogenated alkanes) is 1. The van der Waals surface area contributed by atoms with Crippen molar-refractivity contribution in [3.63, 3.8) is 0 Å². The molecule has 3 rings (SSSR count). The van der Waals surface area contributed by atoms with Crippen LogP contribution in [0.1, 0.15) is 47.6 Å². The Balaban J connectivity index is 1.61. The van der Waals surface area contributed by atoms with Gasteiger partial charge in [-0.05, 0) is 79.2 Å². The van der Waals surface area contributed by atoms with E-state index in [1.807, 2.05) is 72.8 Å². The van der Waals surface area contributed by atoms with Crippen LogP contribution in [0.4, 0.5) is 0 Å². The summed E-state index contributed by atoms with van der Waals surface area (Å²) in [5, 5.41) is 0. The van der Waals surface area contributed by atoms with Gasteiger partial charge in [-0.3, -0.25) is 0 Å². The third kappa shape index (κ3) is 6.36. The molecule has 0 atom stereocenters. The molecule has 1 nitrogen and oxygen atoms in total. The zero-order valence-electron chi connectivity index (χ0n) is 16.5. The Kier molecular flexibility index (Phi) is 7.18. The third-order valence-corrected chi connectivity index (χ3v) is 4.26. The first-order chi connectivity index (χ1) is 14.3. The Morgan fingerprint density at radius 2 is 1.00 bits per heavy atom. The fourth-order valence-electron chi connectivity index (χ4n) is 2.54. The van der Waals surface area contributed by atoms with Gasteiger partial charge in [0.25, 0.3) is 0 Å². The van der Waals surface area contributed by atoms with Crippen molar-refractivity contribution in [2.24, 2.45) is 0 Å². The van der Waals surface area contributed by atoms with E-state index in [2.05, 4.69) is 36.5 Å². The lowest BCUT2D eigenvalue weighted by atomic mass is 10.1. The van der Waals surface area contributed by atoms with E-state index in [9.17, 15) is 0 Å². The normalized spacial score (nSPS) is 9.38. The van der Waals surface area contributed by atoms with E-state index in [1.165, 1.54) is 0 Å². The van der Waals surface area contributed by atoms with E-state index in [-0.39, 0.29) is 0 Å². The predicted molar refractivity (Wildman–Crippen MR) is 120 cm³/mol. The van der Waals surface area contributed by atoms with Crippen LogP contribution in [0, 0.1) is 36.0 Å². The molecule has 0 radical (unpaired) electrons. The number of terminal acetylenes is 1. The first-order valence-electron chi connectivity index (χ1n) is 9.70. The summed E-state index contributed by atoms with van der Waals surface area (Å²) in [7, 11) is 0. The van der Waals surface area contributed by atoms with Crippen LogP contribution >= 0.6 is 0 Å². The highest BCUT2D eigenvalue weighted by molar-refractivity contribution is 5.49. The van der Waals surface area contributed by atoms with Crippen LogP contribution in [0.25, 0.3) is 0 Å². The summed E-state index contributed by atoms with van der Waals surface area (Å²) < 4.78 is 5.67. The summed E-state index contributed by atoms with van der Waals surface area (Å²) in [6.07, 6.45) is 7.57. The molecule has 29 heavy (non-hydrogen) atoms. The van der Waals surface area contributed by atoms with Crippen molar-refractivity contribution in [1.29, 1.82) is 0 Å². The van der Waals surface area contributed by atoms with E-state index >= 15 is 0 Å². The molecular formula is C28H22O. The molecule has 0 bridgehead atoms. The second kappa shape index (κ2) is 10.5. The summed E-state index contributed by atoms with van der Waals surface area (Å²) in [5.41, 5.74) is 4.67. The summed E-state index contributed by atoms with van der Waals surface area (Å²) in [5.74, 6) is 16.2. The molecule has 0 fully saturated rings. The molecule has 140 valence electrons. The van der Waals surface area contributed by atoms with Gasteiger partial charge in [0, 0.05) is 27.8 Å². The van der Waals surface area contributed by atoms with E-state index in [4.69, 9.17) is 11.2 Å². The van der Waals surface area contributed by atoms with Gasteiger partial charge in [0.1, 0.15) is 5.75 Å². The second-order valence-corrected chi connectivity index (χ2v) is 6.53. The van der Waals surface area contributed by atoms with Crippen molar-refractivity contribution in [2.45, 2.75) is 19.8 Å². The lowest BCUT2D eigenvalue weighted by Gasteiger charge is -2.04. The lowest BCUT2D eigenvalue weighted by molar-refractivity contribution is 0.309. The minimum atomic E-state index is 0.757. The van der Waals surface area contributed by atoms with Crippen LogP contribution in [0.5, 0.6) is 5.75 Å². The molecule has 0 N–H and O–H groups in total. The highest BCUT2D eigenvalue weighted by Crippen LogP contribution is 2.12. The average molecular weight is 374 g/mol. The molecule has 0 unspecified atom stereocenters. The zero-order chi connectivity index (χ0) is 20.3. The third-order valence-electron chi connectivity index (χ3n) is 4.26. The van der Waals surface area contributed by atoms with Crippen molar-refractivity contribution >= 4 is 0 Å². The molecule has 3 aromatic carbocycles. The fraction of sp³-hybridized carbons (Fsp3) is 0.143. The van der Waals surface area contributed by atoms with Crippen LogP contribution in [-0.4, -0.2) is 6.61 Å². The van der Waals surface area contributed by atoms with Crippen LogP contribution in [0.2, 0.25) is 0 Å². The maximum absolute atomic E-state index is 5.67. The smallest absolute Gasteiger partial charge is 0.119 e. The molecule has 3 aromatic rings. The first kappa shape index (κ1) is 19.9. The van der Waals surface area contributed by atoms with Crippen LogP contribution in [-0.2, 0) is 0 Å². The van der Waals surface area contributed by atoms with Crippen molar-refractivity contribution in [2.75, 3.05) is 6.61 Å². The molecule has 0 aliphatic rings. The Morgan fingerprint density at radius 1 is 0.621 bits per heavy atom. The molecule has 0 aliphatic carbocycles. The Bertz CT molecular complexity index is 1090. The van der Waals surface area contributed by atoms with E-state index in [1.54, 1.807) is 0 Å². The quantitative estimate of drug-likeness (QED) is 0.424. The number of hydrogen-bond acceptors (Lipinski definition) is 1. The maximum atomic E-state index is 5.67. The van der Waals surface area contributed by atoms with Crippen molar-refractivity contribution in [3.8, 4) is 41.8 Å². The van der Waals surface area contributed by atoms with Crippen LogP contribution in [0.15, 0.2) is 72.8 Å². The fourth-order valence-corrected chi connectivity index (χ4v) is 2.54. The Morgan fingerprint density at radius 3 is 1.38 bits per heavy atom. The summed E-state index contributed by atoms with van der Waals surface area (Å²) >= 11 is 0. The number of rotatable bonds is 4. The molecule has 1 heteroatoms. The molecule has 0 saturated heterocycles. The Hall–Kier alpha value is -3.86. The van der Waals surface area contributed by atoms with Gasteiger partial charge in [0.05, 0.1) is 6.61 Å². The van der Waals surface area contributed by atoms with E-state index in [0.29, 0.717) is 0 Å². The first-order valence-corrected chi connectivity index (χ1v) is 9.70. The average Bonchev–Trinajstić information content (AvgIpc) is 2.78. The molecule has 0 saturated carbocycles. The number of benzene rings is 3.